The smallest absolute Gasteiger partial charge is 0.0476 e. The van der Waals surface area contributed by atoms with E-state index in [9.17, 15) is 0 Å². The standard InChI is InChI=1S/C16H25Cl/c1-11(2)8-15-7-6-14(9-16(15)10-17)13(5)12(3)4/h6-7,9,11-13H,8,10H2,1-5H3. The van der Waals surface area contributed by atoms with Crippen LogP contribution in [0.5, 0.6) is 0 Å². The second-order valence-corrected chi connectivity index (χ2v) is 6.06. The molecule has 0 aliphatic rings. The summed E-state index contributed by atoms with van der Waals surface area (Å²) < 4.78 is 0. The van der Waals surface area contributed by atoms with Crippen LogP contribution in [0.25, 0.3) is 0 Å². The number of rotatable bonds is 5. The lowest BCUT2D eigenvalue weighted by Crippen LogP contribution is -2.05. The predicted molar refractivity (Wildman–Crippen MR) is 77.8 cm³/mol. The van der Waals surface area contributed by atoms with Crippen molar-refractivity contribution in [1.82, 2.24) is 0 Å². The van der Waals surface area contributed by atoms with Gasteiger partial charge in [-0.25, -0.2) is 0 Å². The van der Waals surface area contributed by atoms with Crippen molar-refractivity contribution in [3.05, 3.63) is 34.9 Å². The van der Waals surface area contributed by atoms with Gasteiger partial charge in [-0.1, -0.05) is 52.8 Å². The van der Waals surface area contributed by atoms with Crippen molar-refractivity contribution in [2.24, 2.45) is 11.8 Å². The normalized spacial score (nSPS) is 13.4. The number of benzene rings is 1. The highest BCUT2D eigenvalue weighted by Crippen LogP contribution is 2.27. The molecule has 1 aromatic carbocycles. The molecular formula is C16H25Cl. The maximum Gasteiger partial charge on any atom is 0.0476 e. The summed E-state index contributed by atoms with van der Waals surface area (Å²) in [6.45, 7) is 11.3. The molecule has 1 unspecified atom stereocenters. The summed E-state index contributed by atoms with van der Waals surface area (Å²) in [7, 11) is 0. The Morgan fingerprint density at radius 1 is 1.00 bits per heavy atom. The van der Waals surface area contributed by atoms with Crippen LogP contribution in [0.4, 0.5) is 0 Å². The fraction of sp³-hybridized carbons (Fsp3) is 0.625. The zero-order valence-electron chi connectivity index (χ0n) is 11.8. The first-order chi connectivity index (χ1) is 7.95. The van der Waals surface area contributed by atoms with Gasteiger partial charge in [0.15, 0.2) is 0 Å². The van der Waals surface area contributed by atoms with Crippen LogP contribution in [0.1, 0.15) is 57.2 Å². The molecule has 0 bridgehead atoms. The Hall–Kier alpha value is -0.490. The van der Waals surface area contributed by atoms with Crippen LogP contribution in [-0.4, -0.2) is 0 Å². The van der Waals surface area contributed by atoms with Crippen molar-refractivity contribution in [2.45, 2.75) is 52.8 Å². The van der Waals surface area contributed by atoms with Gasteiger partial charge < -0.3 is 0 Å². The highest BCUT2D eigenvalue weighted by molar-refractivity contribution is 6.17. The minimum Gasteiger partial charge on any atom is -0.122 e. The highest BCUT2D eigenvalue weighted by atomic mass is 35.5. The lowest BCUT2D eigenvalue weighted by atomic mass is 9.87. The van der Waals surface area contributed by atoms with E-state index in [1.807, 2.05) is 0 Å². The molecule has 1 heteroatoms. The van der Waals surface area contributed by atoms with Gasteiger partial charge in [-0.15, -0.1) is 11.6 Å². The molecule has 0 saturated carbocycles. The summed E-state index contributed by atoms with van der Waals surface area (Å²) in [4.78, 5) is 0. The van der Waals surface area contributed by atoms with Gasteiger partial charge in [0.25, 0.3) is 0 Å². The molecule has 0 heterocycles. The van der Waals surface area contributed by atoms with Crippen molar-refractivity contribution in [1.29, 1.82) is 0 Å². The van der Waals surface area contributed by atoms with E-state index in [-0.39, 0.29) is 0 Å². The average Bonchev–Trinajstić information content (AvgIpc) is 2.27. The van der Waals surface area contributed by atoms with Crippen LogP contribution in [0.15, 0.2) is 18.2 Å². The number of alkyl halides is 1. The van der Waals surface area contributed by atoms with Gasteiger partial charge in [-0.05, 0) is 40.9 Å². The molecule has 0 aromatic heterocycles. The zero-order valence-corrected chi connectivity index (χ0v) is 12.5. The summed E-state index contributed by atoms with van der Waals surface area (Å²) in [6.07, 6.45) is 1.12. The van der Waals surface area contributed by atoms with Gasteiger partial charge in [-0.2, -0.15) is 0 Å². The molecule has 1 aromatic rings. The molecule has 0 saturated heterocycles. The van der Waals surface area contributed by atoms with E-state index in [1.165, 1.54) is 16.7 Å². The van der Waals surface area contributed by atoms with Gasteiger partial charge >= 0.3 is 0 Å². The Kier molecular flexibility index (Phi) is 5.52. The Labute approximate surface area is 111 Å². The largest absolute Gasteiger partial charge is 0.122 e. The Morgan fingerprint density at radius 3 is 2.12 bits per heavy atom. The summed E-state index contributed by atoms with van der Waals surface area (Å²) in [5.41, 5.74) is 4.14. The fourth-order valence-corrected chi connectivity index (χ4v) is 2.33. The highest BCUT2D eigenvalue weighted by Gasteiger charge is 2.12. The van der Waals surface area contributed by atoms with E-state index in [0.29, 0.717) is 23.6 Å². The molecule has 0 nitrogen and oxygen atoms in total. The van der Waals surface area contributed by atoms with Gasteiger partial charge in [0, 0.05) is 5.88 Å². The van der Waals surface area contributed by atoms with Gasteiger partial charge in [0.05, 0.1) is 0 Å². The fourth-order valence-electron chi connectivity index (χ4n) is 2.08. The van der Waals surface area contributed by atoms with Crippen molar-refractivity contribution < 1.29 is 0 Å². The molecule has 0 amide bonds. The molecule has 0 radical (unpaired) electrons. The third-order valence-corrected chi connectivity index (χ3v) is 3.82. The lowest BCUT2D eigenvalue weighted by Gasteiger charge is -2.18. The summed E-state index contributed by atoms with van der Waals surface area (Å²) in [5, 5.41) is 0. The number of hydrogen-bond donors (Lipinski definition) is 0. The van der Waals surface area contributed by atoms with E-state index in [0.717, 1.165) is 6.42 Å². The quantitative estimate of drug-likeness (QED) is 0.617. The minimum absolute atomic E-state index is 0.602. The van der Waals surface area contributed by atoms with E-state index >= 15 is 0 Å². The van der Waals surface area contributed by atoms with Crippen molar-refractivity contribution in [3.63, 3.8) is 0 Å². The van der Waals surface area contributed by atoms with Crippen LogP contribution >= 0.6 is 11.6 Å². The van der Waals surface area contributed by atoms with Crippen molar-refractivity contribution in [3.8, 4) is 0 Å². The lowest BCUT2D eigenvalue weighted by molar-refractivity contribution is 0.534. The van der Waals surface area contributed by atoms with E-state index in [2.05, 4.69) is 52.8 Å². The average molecular weight is 253 g/mol. The van der Waals surface area contributed by atoms with Gasteiger partial charge in [-0.3, -0.25) is 0 Å². The summed E-state index contributed by atoms with van der Waals surface area (Å²) in [6, 6.07) is 6.85. The molecule has 1 atom stereocenters. The molecule has 17 heavy (non-hydrogen) atoms. The molecule has 0 aliphatic heterocycles. The van der Waals surface area contributed by atoms with Gasteiger partial charge in [0.2, 0.25) is 0 Å². The SMILES string of the molecule is CC(C)Cc1ccc(C(C)C(C)C)cc1CCl. The first kappa shape index (κ1) is 14.6. The summed E-state index contributed by atoms with van der Waals surface area (Å²) in [5.74, 6) is 2.59. The first-order valence-corrected chi connectivity index (χ1v) is 7.16. The third kappa shape index (κ3) is 4.03. The monoisotopic (exact) mass is 252 g/mol. The third-order valence-electron chi connectivity index (χ3n) is 3.53. The second-order valence-electron chi connectivity index (χ2n) is 5.79. The predicted octanol–water partition coefficient (Wildman–Crippen LogP) is 5.38. The topological polar surface area (TPSA) is 0 Å². The molecular weight excluding hydrogens is 228 g/mol. The number of hydrogen-bond acceptors (Lipinski definition) is 0. The molecule has 1 rings (SSSR count). The Balaban J connectivity index is 2.99. The van der Waals surface area contributed by atoms with Crippen LogP contribution in [0.3, 0.4) is 0 Å². The van der Waals surface area contributed by atoms with E-state index in [1.54, 1.807) is 0 Å². The van der Waals surface area contributed by atoms with Crippen molar-refractivity contribution >= 4 is 11.6 Å². The maximum atomic E-state index is 6.07. The Morgan fingerprint density at radius 2 is 1.65 bits per heavy atom. The van der Waals surface area contributed by atoms with Gasteiger partial charge in [0.1, 0.15) is 0 Å². The first-order valence-electron chi connectivity index (χ1n) is 6.63. The maximum absolute atomic E-state index is 6.07. The second kappa shape index (κ2) is 6.44. The molecule has 96 valence electrons. The Bertz CT molecular complexity index is 353. The minimum atomic E-state index is 0.602. The van der Waals surface area contributed by atoms with E-state index < -0.39 is 0 Å². The van der Waals surface area contributed by atoms with Crippen LogP contribution < -0.4 is 0 Å². The molecule has 0 N–H and O–H groups in total. The molecule has 0 aliphatic carbocycles. The van der Waals surface area contributed by atoms with Crippen LogP contribution in [0.2, 0.25) is 0 Å². The van der Waals surface area contributed by atoms with Crippen molar-refractivity contribution in [2.75, 3.05) is 0 Å². The van der Waals surface area contributed by atoms with E-state index in [4.69, 9.17) is 11.6 Å². The molecule has 0 fully saturated rings. The van der Waals surface area contributed by atoms with Crippen LogP contribution in [-0.2, 0) is 12.3 Å². The zero-order chi connectivity index (χ0) is 13.0. The summed E-state index contributed by atoms with van der Waals surface area (Å²) >= 11 is 6.07. The molecule has 0 spiro atoms. The van der Waals surface area contributed by atoms with Crippen LogP contribution in [0, 0.1) is 11.8 Å². The number of halogens is 1.